The molecule has 0 saturated carbocycles. The summed E-state index contributed by atoms with van der Waals surface area (Å²) in [6, 6.07) is 18.9. The van der Waals surface area contributed by atoms with Crippen molar-refractivity contribution in [3.63, 3.8) is 0 Å². The highest BCUT2D eigenvalue weighted by molar-refractivity contribution is 9.10. The fourth-order valence-electron chi connectivity index (χ4n) is 2.52. The van der Waals surface area contributed by atoms with Crippen molar-refractivity contribution < 1.29 is 9.21 Å². The van der Waals surface area contributed by atoms with Crippen LogP contribution in [0, 0.1) is 11.3 Å². The van der Waals surface area contributed by atoms with Crippen molar-refractivity contribution in [3.8, 4) is 17.5 Å². The maximum atomic E-state index is 13.0. The van der Waals surface area contributed by atoms with Crippen LogP contribution in [0.4, 0.5) is 5.69 Å². The van der Waals surface area contributed by atoms with Crippen LogP contribution in [0.15, 0.2) is 68.7 Å². The zero-order chi connectivity index (χ0) is 19.9. The predicted octanol–water partition coefficient (Wildman–Crippen LogP) is 4.93. The van der Waals surface area contributed by atoms with E-state index >= 15 is 0 Å². The summed E-state index contributed by atoms with van der Waals surface area (Å²) < 4.78 is 6.66. The minimum absolute atomic E-state index is 0.116. The van der Waals surface area contributed by atoms with Crippen LogP contribution in [-0.2, 0) is 4.79 Å². The average Bonchev–Trinajstić information content (AvgIpc) is 3.18. The Morgan fingerprint density at radius 1 is 1.21 bits per heavy atom. The first-order valence-electron chi connectivity index (χ1n) is 8.58. The number of hydrogen-bond donors (Lipinski definition) is 0. The first-order valence-corrected chi connectivity index (χ1v) is 10.2. The number of halogens is 1. The summed E-state index contributed by atoms with van der Waals surface area (Å²) in [6.45, 7) is 2.12. The number of thioether (sulfide) groups is 1. The number of carbonyl (C=O) groups is 1. The van der Waals surface area contributed by atoms with E-state index in [1.807, 2.05) is 54.6 Å². The lowest BCUT2D eigenvalue weighted by atomic mass is 10.2. The molecule has 0 bridgehead atoms. The van der Waals surface area contributed by atoms with Crippen LogP contribution < -0.4 is 4.90 Å². The van der Waals surface area contributed by atoms with Gasteiger partial charge in [0, 0.05) is 22.3 Å². The van der Waals surface area contributed by atoms with E-state index in [0.29, 0.717) is 17.7 Å². The van der Waals surface area contributed by atoms with Crippen LogP contribution in [-0.4, -0.2) is 27.9 Å². The Morgan fingerprint density at radius 2 is 1.93 bits per heavy atom. The van der Waals surface area contributed by atoms with E-state index in [1.54, 1.807) is 11.8 Å². The minimum Gasteiger partial charge on any atom is -0.411 e. The van der Waals surface area contributed by atoms with Crippen LogP contribution >= 0.6 is 27.7 Å². The molecule has 1 atom stereocenters. The molecular formula is C20H17BrN4O2S. The van der Waals surface area contributed by atoms with Gasteiger partial charge in [-0.25, -0.2) is 0 Å². The van der Waals surface area contributed by atoms with Gasteiger partial charge in [0.1, 0.15) is 0 Å². The number of rotatable bonds is 7. The van der Waals surface area contributed by atoms with Gasteiger partial charge in [0.15, 0.2) is 0 Å². The fraction of sp³-hybridized carbons (Fsp3) is 0.200. The van der Waals surface area contributed by atoms with E-state index < -0.39 is 5.25 Å². The Kier molecular flexibility index (Phi) is 6.85. The van der Waals surface area contributed by atoms with Gasteiger partial charge in [-0.1, -0.05) is 45.9 Å². The van der Waals surface area contributed by atoms with Gasteiger partial charge in [0.2, 0.25) is 11.8 Å². The molecule has 0 spiro atoms. The zero-order valence-electron chi connectivity index (χ0n) is 15.1. The maximum Gasteiger partial charge on any atom is 0.277 e. The van der Waals surface area contributed by atoms with Gasteiger partial charge in [-0.15, -0.1) is 10.2 Å². The predicted molar refractivity (Wildman–Crippen MR) is 112 cm³/mol. The van der Waals surface area contributed by atoms with Crippen molar-refractivity contribution in [2.45, 2.75) is 23.8 Å². The van der Waals surface area contributed by atoms with Crippen molar-refractivity contribution in [3.05, 3.63) is 59.1 Å². The molecule has 1 heterocycles. The van der Waals surface area contributed by atoms with Gasteiger partial charge in [-0.05, 0) is 43.3 Å². The molecule has 2 aromatic carbocycles. The molecule has 3 rings (SSSR count). The summed E-state index contributed by atoms with van der Waals surface area (Å²) in [4.78, 5) is 14.6. The molecule has 1 amide bonds. The molecule has 1 aromatic heterocycles. The summed E-state index contributed by atoms with van der Waals surface area (Å²) in [7, 11) is 0. The topological polar surface area (TPSA) is 83.0 Å². The van der Waals surface area contributed by atoms with Crippen LogP contribution in [0.1, 0.15) is 13.3 Å². The van der Waals surface area contributed by atoms with E-state index in [-0.39, 0.29) is 12.3 Å². The first-order chi connectivity index (χ1) is 13.6. The van der Waals surface area contributed by atoms with Gasteiger partial charge in [-0.2, -0.15) is 5.26 Å². The van der Waals surface area contributed by atoms with Gasteiger partial charge in [0.05, 0.1) is 17.7 Å². The second-order valence-corrected chi connectivity index (χ2v) is 8.08. The second kappa shape index (κ2) is 9.53. The molecule has 6 nitrogen and oxygen atoms in total. The average molecular weight is 457 g/mol. The largest absolute Gasteiger partial charge is 0.411 e. The highest BCUT2D eigenvalue weighted by Crippen LogP contribution is 2.28. The summed E-state index contributed by atoms with van der Waals surface area (Å²) in [5.74, 6) is 0.286. The standard InChI is InChI=1S/C20H17BrN4O2S/c1-14(19(26)25(13-5-12-22)17-6-3-2-4-7-17)28-20-24-23-18(27-20)15-8-10-16(21)11-9-15/h2-4,6-11,14H,5,13H2,1H3. The molecule has 28 heavy (non-hydrogen) atoms. The zero-order valence-corrected chi connectivity index (χ0v) is 17.5. The van der Waals surface area contributed by atoms with Crippen molar-refractivity contribution in [1.82, 2.24) is 10.2 Å². The quantitative estimate of drug-likeness (QED) is 0.468. The number of para-hydroxylation sites is 1. The Balaban J connectivity index is 1.72. The number of nitrogens with zero attached hydrogens (tertiary/aromatic N) is 4. The number of amides is 1. The molecule has 142 valence electrons. The number of benzene rings is 2. The summed E-state index contributed by atoms with van der Waals surface area (Å²) in [6.07, 6.45) is 0.256. The molecule has 0 aliphatic rings. The van der Waals surface area contributed by atoms with E-state index in [0.717, 1.165) is 15.7 Å². The van der Waals surface area contributed by atoms with E-state index in [2.05, 4.69) is 32.2 Å². The van der Waals surface area contributed by atoms with E-state index in [1.165, 1.54) is 11.8 Å². The molecule has 0 aliphatic carbocycles. The number of anilines is 1. The van der Waals surface area contributed by atoms with Crippen molar-refractivity contribution in [1.29, 1.82) is 5.26 Å². The minimum atomic E-state index is -0.447. The van der Waals surface area contributed by atoms with Crippen molar-refractivity contribution >= 4 is 39.3 Å². The molecular weight excluding hydrogens is 440 g/mol. The van der Waals surface area contributed by atoms with Crippen LogP contribution in [0.3, 0.4) is 0 Å². The Morgan fingerprint density at radius 3 is 2.61 bits per heavy atom. The van der Waals surface area contributed by atoms with Crippen molar-refractivity contribution in [2.75, 3.05) is 11.4 Å². The van der Waals surface area contributed by atoms with Gasteiger partial charge in [0.25, 0.3) is 5.22 Å². The van der Waals surface area contributed by atoms with Gasteiger partial charge in [-0.3, -0.25) is 4.79 Å². The Labute approximate surface area is 175 Å². The molecule has 0 fully saturated rings. The molecule has 0 saturated heterocycles. The third kappa shape index (κ3) is 5.00. The smallest absolute Gasteiger partial charge is 0.277 e. The lowest BCUT2D eigenvalue weighted by Gasteiger charge is -2.24. The first kappa shape index (κ1) is 20.1. The van der Waals surface area contributed by atoms with Gasteiger partial charge >= 0.3 is 0 Å². The number of carbonyl (C=O) groups excluding carboxylic acids is 1. The summed E-state index contributed by atoms with van der Waals surface area (Å²) in [5.41, 5.74) is 1.57. The molecule has 1 unspecified atom stereocenters. The molecule has 0 N–H and O–H groups in total. The summed E-state index contributed by atoms with van der Waals surface area (Å²) >= 11 is 4.59. The number of nitriles is 1. The van der Waals surface area contributed by atoms with Crippen LogP contribution in [0.25, 0.3) is 11.5 Å². The van der Waals surface area contributed by atoms with Crippen LogP contribution in [0.2, 0.25) is 0 Å². The number of hydrogen-bond acceptors (Lipinski definition) is 6. The van der Waals surface area contributed by atoms with Crippen molar-refractivity contribution in [2.24, 2.45) is 0 Å². The highest BCUT2D eigenvalue weighted by atomic mass is 79.9. The summed E-state index contributed by atoms with van der Waals surface area (Å²) in [5, 5.41) is 16.9. The third-order valence-electron chi connectivity index (χ3n) is 3.90. The second-order valence-electron chi connectivity index (χ2n) is 5.87. The number of aromatic nitrogens is 2. The molecule has 0 radical (unpaired) electrons. The lowest BCUT2D eigenvalue weighted by Crippen LogP contribution is -2.37. The van der Waals surface area contributed by atoms with Crippen LogP contribution in [0.5, 0.6) is 0 Å². The normalized spacial score (nSPS) is 11.6. The molecule has 0 aliphatic heterocycles. The third-order valence-corrected chi connectivity index (χ3v) is 5.35. The Bertz CT molecular complexity index is 970. The van der Waals surface area contributed by atoms with E-state index in [9.17, 15) is 4.79 Å². The highest BCUT2D eigenvalue weighted by Gasteiger charge is 2.25. The lowest BCUT2D eigenvalue weighted by molar-refractivity contribution is -0.117. The maximum absolute atomic E-state index is 13.0. The van der Waals surface area contributed by atoms with Gasteiger partial charge < -0.3 is 9.32 Å². The Hall–Kier alpha value is -2.63. The SMILES string of the molecule is CC(Sc1nnc(-c2ccc(Br)cc2)o1)C(=O)N(CCC#N)c1ccccc1. The fourth-order valence-corrected chi connectivity index (χ4v) is 3.53. The monoisotopic (exact) mass is 456 g/mol. The molecule has 8 heteroatoms. The van der Waals surface area contributed by atoms with E-state index in [4.69, 9.17) is 9.68 Å². The molecule has 3 aromatic rings.